The number of nitrogens with zero attached hydrogens (tertiary/aromatic N) is 4. The molecule has 0 amide bonds. The van der Waals surface area contributed by atoms with Gasteiger partial charge in [0.15, 0.2) is 5.65 Å². The highest BCUT2D eigenvalue weighted by Crippen LogP contribution is 2.30. The maximum absolute atomic E-state index is 12.9. The van der Waals surface area contributed by atoms with Gasteiger partial charge in [0.05, 0.1) is 28.4 Å². The van der Waals surface area contributed by atoms with Gasteiger partial charge in [-0.1, -0.05) is 35.9 Å². The first-order chi connectivity index (χ1) is 16.3. The molecule has 0 unspecified atom stereocenters. The van der Waals surface area contributed by atoms with E-state index >= 15 is 0 Å². The third-order valence-electron chi connectivity index (χ3n) is 5.28. The minimum atomic E-state index is -3.62. The van der Waals surface area contributed by atoms with Gasteiger partial charge in [-0.3, -0.25) is 0 Å². The lowest BCUT2D eigenvalue weighted by Gasteiger charge is -2.18. The molecule has 0 saturated carbocycles. The summed E-state index contributed by atoms with van der Waals surface area (Å²) in [5.74, 6) is 1.22. The van der Waals surface area contributed by atoms with Crippen LogP contribution < -0.4 is 10.1 Å². The van der Waals surface area contributed by atoms with Crippen LogP contribution in [0, 0.1) is 0 Å². The van der Waals surface area contributed by atoms with E-state index in [1.54, 1.807) is 36.0 Å². The number of benzene rings is 2. The molecule has 34 heavy (non-hydrogen) atoms. The Hall–Kier alpha value is -2.66. The number of methoxy groups -OCH3 is 1. The van der Waals surface area contributed by atoms with Crippen molar-refractivity contribution in [3.8, 4) is 17.0 Å². The predicted octanol–water partition coefficient (Wildman–Crippen LogP) is 4.94. The Morgan fingerprint density at radius 1 is 1.18 bits per heavy atom. The number of halogens is 2. The van der Waals surface area contributed by atoms with Gasteiger partial charge in [-0.2, -0.15) is 9.61 Å². The van der Waals surface area contributed by atoms with E-state index in [4.69, 9.17) is 21.3 Å². The summed E-state index contributed by atoms with van der Waals surface area (Å²) < 4.78 is 34.7. The van der Waals surface area contributed by atoms with Crippen LogP contribution in [-0.2, 0) is 10.0 Å². The lowest BCUT2D eigenvalue weighted by Crippen LogP contribution is -2.29. The SMILES string of the molecule is COc1cccc(S(=O)(=O)N(C)CCCNc2cc(-c3ccccc3Cl)nc3c(Br)cnn23)c1. The Morgan fingerprint density at radius 2 is 1.97 bits per heavy atom. The van der Waals surface area contributed by atoms with Crippen molar-refractivity contribution in [2.45, 2.75) is 11.3 Å². The van der Waals surface area contributed by atoms with E-state index < -0.39 is 10.0 Å². The van der Waals surface area contributed by atoms with Gasteiger partial charge >= 0.3 is 0 Å². The zero-order chi connectivity index (χ0) is 24.3. The second-order valence-electron chi connectivity index (χ2n) is 7.52. The first-order valence-corrected chi connectivity index (χ1v) is 13.1. The van der Waals surface area contributed by atoms with Crippen LogP contribution in [0.15, 0.2) is 70.2 Å². The number of sulfonamides is 1. The molecule has 0 bridgehead atoms. The summed E-state index contributed by atoms with van der Waals surface area (Å²) in [5.41, 5.74) is 2.17. The average Bonchev–Trinajstić information content (AvgIpc) is 3.22. The van der Waals surface area contributed by atoms with Crippen molar-refractivity contribution in [3.63, 3.8) is 0 Å². The summed E-state index contributed by atoms with van der Waals surface area (Å²) in [6.07, 6.45) is 2.26. The van der Waals surface area contributed by atoms with Crippen LogP contribution in [0.2, 0.25) is 5.02 Å². The highest BCUT2D eigenvalue weighted by molar-refractivity contribution is 9.10. The third kappa shape index (κ3) is 5.05. The number of rotatable bonds is 9. The molecule has 0 spiro atoms. The third-order valence-corrected chi connectivity index (χ3v) is 8.03. The Balaban J connectivity index is 1.48. The van der Waals surface area contributed by atoms with Crippen molar-refractivity contribution in [3.05, 3.63) is 70.3 Å². The monoisotopic (exact) mass is 563 g/mol. The number of ether oxygens (including phenoxy) is 1. The van der Waals surface area contributed by atoms with E-state index in [-0.39, 0.29) is 4.90 Å². The zero-order valence-corrected chi connectivity index (χ0v) is 21.7. The zero-order valence-electron chi connectivity index (χ0n) is 18.6. The lowest BCUT2D eigenvalue weighted by molar-refractivity contribution is 0.412. The summed E-state index contributed by atoms with van der Waals surface area (Å²) >= 11 is 9.88. The molecule has 2 aromatic heterocycles. The van der Waals surface area contributed by atoms with E-state index in [1.807, 2.05) is 30.3 Å². The maximum atomic E-state index is 12.9. The van der Waals surface area contributed by atoms with Crippen LogP contribution in [0.1, 0.15) is 6.42 Å². The molecule has 11 heteroatoms. The number of aromatic nitrogens is 3. The van der Waals surface area contributed by atoms with E-state index in [2.05, 4.69) is 26.3 Å². The van der Waals surface area contributed by atoms with Gasteiger partial charge in [-0.05, 0) is 40.5 Å². The molecule has 4 rings (SSSR count). The molecule has 4 aromatic rings. The minimum absolute atomic E-state index is 0.198. The van der Waals surface area contributed by atoms with Gasteiger partial charge in [0.25, 0.3) is 0 Å². The number of nitrogens with one attached hydrogen (secondary N) is 1. The van der Waals surface area contributed by atoms with Crippen LogP contribution in [0.3, 0.4) is 0 Å². The maximum Gasteiger partial charge on any atom is 0.242 e. The van der Waals surface area contributed by atoms with Crippen molar-refractivity contribution >= 4 is 49.0 Å². The first-order valence-electron chi connectivity index (χ1n) is 10.4. The predicted molar refractivity (Wildman–Crippen MR) is 137 cm³/mol. The molecule has 8 nitrogen and oxygen atoms in total. The number of anilines is 1. The molecule has 2 heterocycles. The van der Waals surface area contributed by atoms with Crippen molar-refractivity contribution in [2.24, 2.45) is 0 Å². The first kappa shape index (κ1) is 24.5. The Morgan fingerprint density at radius 3 is 2.74 bits per heavy atom. The Labute approximate surface area is 211 Å². The van der Waals surface area contributed by atoms with Gasteiger partial charge < -0.3 is 10.1 Å². The fourth-order valence-electron chi connectivity index (χ4n) is 3.45. The van der Waals surface area contributed by atoms with Crippen molar-refractivity contribution < 1.29 is 13.2 Å². The quantitative estimate of drug-likeness (QED) is 0.290. The van der Waals surface area contributed by atoms with Gasteiger partial charge in [-0.25, -0.2) is 17.7 Å². The highest BCUT2D eigenvalue weighted by Gasteiger charge is 2.21. The van der Waals surface area contributed by atoms with E-state index in [0.29, 0.717) is 41.6 Å². The topological polar surface area (TPSA) is 88.8 Å². The Kier molecular flexibility index (Phi) is 7.42. The molecule has 178 valence electrons. The van der Waals surface area contributed by atoms with Crippen LogP contribution in [-0.4, -0.2) is 54.6 Å². The number of hydrogen-bond donors (Lipinski definition) is 1. The molecule has 1 N–H and O–H groups in total. The molecule has 0 aliphatic carbocycles. The number of hydrogen-bond acceptors (Lipinski definition) is 6. The summed E-state index contributed by atoms with van der Waals surface area (Å²) in [7, 11) is -0.543. The molecule has 2 aromatic carbocycles. The average molecular weight is 565 g/mol. The van der Waals surface area contributed by atoms with E-state index in [1.165, 1.54) is 17.5 Å². The fraction of sp³-hybridized carbons (Fsp3) is 0.217. The second kappa shape index (κ2) is 10.3. The molecule has 0 atom stereocenters. The molecular formula is C23H23BrClN5O3S. The van der Waals surface area contributed by atoms with Gasteiger partial charge in [0.1, 0.15) is 11.6 Å². The van der Waals surface area contributed by atoms with E-state index in [9.17, 15) is 8.42 Å². The van der Waals surface area contributed by atoms with Crippen molar-refractivity contribution in [1.29, 1.82) is 0 Å². The second-order valence-corrected chi connectivity index (χ2v) is 10.8. The normalized spacial score (nSPS) is 11.8. The molecular weight excluding hydrogens is 542 g/mol. The summed E-state index contributed by atoms with van der Waals surface area (Å²) in [4.78, 5) is 4.89. The smallest absolute Gasteiger partial charge is 0.242 e. The van der Waals surface area contributed by atoms with Crippen molar-refractivity contribution in [1.82, 2.24) is 18.9 Å². The van der Waals surface area contributed by atoms with Crippen LogP contribution >= 0.6 is 27.5 Å². The van der Waals surface area contributed by atoms with Gasteiger partial charge in [0, 0.05) is 42.9 Å². The molecule has 0 aliphatic heterocycles. The molecule has 0 fully saturated rings. The summed E-state index contributed by atoms with van der Waals surface area (Å²) in [6.45, 7) is 0.859. The number of fused-ring (bicyclic) bond motifs is 1. The minimum Gasteiger partial charge on any atom is -0.497 e. The van der Waals surface area contributed by atoms with Gasteiger partial charge in [0.2, 0.25) is 10.0 Å². The summed E-state index contributed by atoms with van der Waals surface area (Å²) in [6, 6.07) is 15.8. The molecule has 0 saturated heterocycles. The van der Waals surface area contributed by atoms with Crippen LogP contribution in [0.4, 0.5) is 5.82 Å². The fourth-order valence-corrected chi connectivity index (χ4v) is 5.27. The highest BCUT2D eigenvalue weighted by atomic mass is 79.9. The molecule has 0 aliphatic rings. The standard InChI is InChI=1S/C23H23BrClN5O3S/c1-29(34(31,32)17-8-5-7-16(13-17)33-2)12-6-11-26-22-14-21(18-9-3-4-10-20(18)25)28-23-19(24)15-27-30(22)23/h3-5,7-10,13-15,26H,6,11-12H2,1-2H3. The Bertz CT molecular complexity index is 1430. The van der Waals surface area contributed by atoms with Gasteiger partial charge in [-0.15, -0.1) is 0 Å². The largest absolute Gasteiger partial charge is 0.497 e. The summed E-state index contributed by atoms with van der Waals surface area (Å²) in [5, 5.41) is 8.33. The van der Waals surface area contributed by atoms with E-state index in [0.717, 1.165) is 15.9 Å². The molecule has 0 radical (unpaired) electrons. The van der Waals surface area contributed by atoms with Crippen LogP contribution in [0.5, 0.6) is 5.75 Å². The lowest BCUT2D eigenvalue weighted by atomic mass is 10.1. The van der Waals surface area contributed by atoms with Crippen molar-refractivity contribution in [2.75, 3.05) is 32.6 Å². The van der Waals surface area contributed by atoms with Crippen LogP contribution in [0.25, 0.3) is 16.9 Å².